The summed E-state index contributed by atoms with van der Waals surface area (Å²) in [4.78, 5) is 35.6. The molecule has 0 heterocycles. The first kappa shape index (κ1) is 22.6. The van der Waals surface area contributed by atoms with Gasteiger partial charge < -0.3 is 14.8 Å². The number of esters is 2. The van der Waals surface area contributed by atoms with Crippen molar-refractivity contribution in [3.05, 3.63) is 29.3 Å². The molecule has 0 saturated carbocycles. The SMILES string of the molecule is COC(=O)C(CC(C)C)NC(=O)COC(=O)c1cc(S(N)(=O)=O)ccc1C. The minimum absolute atomic E-state index is 0.0268. The minimum atomic E-state index is -3.99. The first-order chi connectivity index (χ1) is 12.5. The summed E-state index contributed by atoms with van der Waals surface area (Å²) in [5.41, 5.74) is 0.432. The molecule has 150 valence electrons. The van der Waals surface area contributed by atoms with Crippen molar-refractivity contribution in [2.45, 2.75) is 38.1 Å². The van der Waals surface area contributed by atoms with E-state index < -0.39 is 40.5 Å². The van der Waals surface area contributed by atoms with Crippen LogP contribution in [0.3, 0.4) is 0 Å². The fourth-order valence-electron chi connectivity index (χ4n) is 2.27. The van der Waals surface area contributed by atoms with E-state index in [-0.39, 0.29) is 16.4 Å². The van der Waals surface area contributed by atoms with Crippen LogP contribution in [0.2, 0.25) is 0 Å². The molecular formula is C17H24N2O7S. The van der Waals surface area contributed by atoms with E-state index in [1.165, 1.54) is 19.2 Å². The lowest BCUT2D eigenvalue weighted by atomic mass is 10.0. The van der Waals surface area contributed by atoms with Crippen LogP contribution in [0.5, 0.6) is 0 Å². The number of benzene rings is 1. The first-order valence-electron chi connectivity index (χ1n) is 8.13. The Kier molecular flexibility index (Phi) is 7.92. The van der Waals surface area contributed by atoms with E-state index in [0.717, 1.165) is 6.07 Å². The van der Waals surface area contributed by atoms with Crippen LogP contribution in [0, 0.1) is 12.8 Å². The number of ether oxygens (including phenoxy) is 2. The Balaban J connectivity index is 2.78. The van der Waals surface area contributed by atoms with Crippen LogP contribution in [-0.4, -0.2) is 46.0 Å². The Labute approximate surface area is 158 Å². The highest BCUT2D eigenvalue weighted by atomic mass is 32.2. The Morgan fingerprint density at radius 2 is 1.85 bits per heavy atom. The van der Waals surface area contributed by atoms with Crippen LogP contribution in [0.15, 0.2) is 23.1 Å². The van der Waals surface area contributed by atoms with E-state index in [0.29, 0.717) is 12.0 Å². The summed E-state index contributed by atoms with van der Waals surface area (Å²) < 4.78 is 32.4. The molecule has 3 N–H and O–H groups in total. The van der Waals surface area contributed by atoms with Crippen molar-refractivity contribution < 1.29 is 32.3 Å². The molecular weight excluding hydrogens is 376 g/mol. The van der Waals surface area contributed by atoms with Gasteiger partial charge in [-0.25, -0.2) is 23.1 Å². The van der Waals surface area contributed by atoms with Crippen molar-refractivity contribution in [2.75, 3.05) is 13.7 Å². The Hall–Kier alpha value is -2.46. The van der Waals surface area contributed by atoms with Gasteiger partial charge in [-0.05, 0) is 37.0 Å². The van der Waals surface area contributed by atoms with Crippen LogP contribution in [-0.2, 0) is 29.1 Å². The van der Waals surface area contributed by atoms with Crippen molar-refractivity contribution in [3.8, 4) is 0 Å². The summed E-state index contributed by atoms with van der Waals surface area (Å²) in [5, 5.41) is 7.50. The van der Waals surface area contributed by atoms with Gasteiger partial charge in [-0.15, -0.1) is 0 Å². The molecule has 1 rings (SSSR count). The topological polar surface area (TPSA) is 142 Å². The number of aryl methyl sites for hydroxylation is 1. The van der Waals surface area contributed by atoms with Crippen LogP contribution in [0.4, 0.5) is 0 Å². The zero-order valence-corrected chi connectivity index (χ0v) is 16.5. The molecule has 9 nitrogen and oxygen atoms in total. The van der Waals surface area contributed by atoms with Crippen LogP contribution < -0.4 is 10.5 Å². The smallest absolute Gasteiger partial charge is 0.338 e. The van der Waals surface area contributed by atoms with E-state index in [4.69, 9.17) is 9.88 Å². The largest absolute Gasteiger partial charge is 0.467 e. The summed E-state index contributed by atoms with van der Waals surface area (Å²) in [7, 11) is -2.77. The quantitative estimate of drug-likeness (QED) is 0.605. The number of sulfonamides is 1. The first-order valence-corrected chi connectivity index (χ1v) is 9.68. The molecule has 0 spiro atoms. The number of carbonyl (C=O) groups is 3. The molecule has 0 bridgehead atoms. The molecule has 1 amide bonds. The summed E-state index contributed by atoms with van der Waals surface area (Å²) in [6, 6.07) is 2.91. The van der Waals surface area contributed by atoms with E-state index in [2.05, 4.69) is 10.1 Å². The van der Waals surface area contributed by atoms with Gasteiger partial charge in [-0.3, -0.25) is 4.79 Å². The third-order valence-electron chi connectivity index (χ3n) is 3.62. The molecule has 1 unspecified atom stereocenters. The number of amides is 1. The van der Waals surface area contributed by atoms with Gasteiger partial charge in [0.15, 0.2) is 6.61 Å². The maximum absolute atomic E-state index is 12.2. The highest BCUT2D eigenvalue weighted by Crippen LogP contribution is 2.15. The zero-order chi connectivity index (χ0) is 20.8. The molecule has 1 aromatic carbocycles. The lowest BCUT2D eigenvalue weighted by molar-refractivity contribution is -0.145. The fourth-order valence-corrected chi connectivity index (χ4v) is 2.81. The lowest BCUT2D eigenvalue weighted by Crippen LogP contribution is -2.44. The van der Waals surface area contributed by atoms with Crippen molar-refractivity contribution in [1.29, 1.82) is 0 Å². The van der Waals surface area contributed by atoms with Gasteiger partial charge in [0.25, 0.3) is 5.91 Å². The van der Waals surface area contributed by atoms with Gasteiger partial charge in [-0.2, -0.15) is 0 Å². The average Bonchev–Trinajstić information content (AvgIpc) is 2.57. The lowest BCUT2D eigenvalue weighted by Gasteiger charge is -2.18. The second-order valence-corrected chi connectivity index (χ2v) is 7.93. The van der Waals surface area contributed by atoms with E-state index in [1.807, 2.05) is 13.8 Å². The summed E-state index contributed by atoms with van der Waals surface area (Å²) in [6.45, 7) is 4.70. The number of hydrogen-bond acceptors (Lipinski definition) is 7. The molecule has 10 heteroatoms. The Morgan fingerprint density at radius 1 is 1.22 bits per heavy atom. The molecule has 27 heavy (non-hydrogen) atoms. The molecule has 0 aromatic heterocycles. The number of carbonyl (C=O) groups excluding carboxylic acids is 3. The maximum Gasteiger partial charge on any atom is 0.338 e. The molecule has 0 radical (unpaired) electrons. The molecule has 0 aliphatic heterocycles. The van der Waals surface area contributed by atoms with Gasteiger partial charge in [0.05, 0.1) is 17.6 Å². The van der Waals surface area contributed by atoms with Gasteiger partial charge >= 0.3 is 11.9 Å². The molecule has 0 aliphatic rings. The number of nitrogens with one attached hydrogen (secondary N) is 1. The standard InChI is InChI=1S/C17H24N2O7S/c1-10(2)7-14(17(22)25-4)19-15(20)9-26-16(21)13-8-12(27(18,23)24)6-5-11(13)3/h5-6,8,10,14H,7,9H2,1-4H3,(H,19,20)(H2,18,23,24). The number of rotatable bonds is 8. The molecule has 0 aliphatic carbocycles. The van der Waals surface area contributed by atoms with Crippen LogP contribution >= 0.6 is 0 Å². The summed E-state index contributed by atoms with van der Waals surface area (Å²) in [6.07, 6.45) is 0.363. The van der Waals surface area contributed by atoms with Crippen molar-refractivity contribution in [1.82, 2.24) is 5.32 Å². The number of hydrogen-bond donors (Lipinski definition) is 2. The predicted octanol–water partition coefficient (Wildman–Crippen LogP) is 0.503. The molecule has 0 saturated heterocycles. The van der Waals surface area contributed by atoms with Gasteiger partial charge in [0.2, 0.25) is 10.0 Å². The van der Waals surface area contributed by atoms with Crippen molar-refractivity contribution in [3.63, 3.8) is 0 Å². The summed E-state index contributed by atoms with van der Waals surface area (Å²) in [5.74, 6) is -2.04. The Morgan fingerprint density at radius 3 is 2.37 bits per heavy atom. The number of methoxy groups -OCH3 is 1. The van der Waals surface area contributed by atoms with Gasteiger partial charge in [0, 0.05) is 0 Å². The number of nitrogens with two attached hydrogens (primary N) is 1. The normalized spacial score (nSPS) is 12.4. The van der Waals surface area contributed by atoms with Crippen molar-refractivity contribution in [2.24, 2.45) is 11.1 Å². The molecule has 1 atom stereocenters. The molecule has 0 fully saturated rings. The van der Waals surface area contributed by atoms with Crippen LogP contribution in [0.1, 0.15) is 36.2 Å². The zero-order valence-electron chi connectivity index (χ0n) is 15.6. The highest BCUT2D eigenvalue weighted by Gasteiger charge is 2.23. The third-order valence-corrected chi connectivity index (χ3v) is 4.53. The minimum Gasteiger partial charge on any atom is -0.467 e. The maximum atomic E-state index is 12.2. The molecule has 1 aromatic rings. The fraction of sp³-hybridized carbons (Fsp3) is 0.471. The third kappa shape index (κ3) is 6.99. The average molecular weight is 400 g/mol. The highest BCUT2D eigenvalue weighted by molar-refractivity contribution is 7.89. The monoisotopic (exact) mass is 400 g/mol. The predicted molar refractivity (Wildman–Crippen MR) is 96.2 cm³/mol. The van der Waals surface area contributed by atoms with Crippen LogP contribution in [0.25, 0.3) is 0 Å². The number of primary sulfonamides is 1. The second kappa shape index (κ2) is 9.47. The Bertz CT molecular complexity index is 819. The van der Waals surface area contributed by atoms with E-state index >= 15 is 0 Å². The second-order valence-electron chi connectivity index (χ2n) is 6.37. The van der Waals surface area contributed by atoms with E-state index in [9.17, 15) is 22.8 Å². The van der Waals surface area contributed by atoms with Gasteiger partial charge in [-0.1, -0.05) is 19.9 Å². The van der Waals surface area contributed by atoms with Gasteiger partial charge in [0.1, 0.15) is 6.04 Å². The van der Waals surface area contributed by atoms with Crippen molar-refractivity contribution >= 4 is 27.9 Å². The summed E-state index contributed by atoms with van der Waals surface area (Å²) >= 11 is 0. The van der Waals surface area contributed by atoms with E-state index in [1.54, 1.807) is 6.92 Å².